The molecule has 0 aliphatic rings. The number of carbonyl (C=O) groups is 1. The quantitative estimate of drug-likeness (QED) is 0.656. The highest BCUT2D eigenvalue weighted by atomic mass is 35.5. The van der Waals surface area contributed by atoms with Gasteiger partial charge in [-0.1, -0.05) is 23.4 Å². The number of alkyl halides is 3. The molecule has 0 radical (unpaired) electrons. The van der Waals surface area contributed by atoms with Crippen molar-refractivity contribution in [2.24, 2.45) is 0 Å². The number of carbonyl (C=O) groups excluding carboxylic acids is 1. The summed E-state index contributed by atoms with van der Waals surface area (Å²) in [4.78, 5) is 12.0. The summed E-state index contributed by atoms with van der Waals surface area (Å²) in [6, 6.07) is 8.98. The molecule has 0 atom stereocenters. The number of rotatable bonds is 4. The average molecular weight is 412 g/mol. The number of amides is 1. The zero-order valence-electron chi connectivity index (χ0n) is 13.3. The highest BCUT2D eigenvalue weighted by Gasteiger charge is 2.32. The van der Waals surface area contributed by atoms with Gasteiger partial charge in [0.25, 0.3) is 0 Å². The van der Waals surface area contributed by atoms with Crippen molar-refractivity contribution in [3.63, 3.8) is 0 Å². The lowest BCUT2D eigenvalue weighted by Crippen LogP contribution is -2.14. The number of hydrogen-bond acceptors (Lipinski definition) is 5. The fraction of sp³-hybridized carbons (Fsp3) is 0.125. The molecular formula is C16H9ClF3N5OS. The number of nitrogens with one attached hydrogen (secondary N) is 1. The molecule has 0 aliphatic carbocycles. The second-order valence-electron chi connectivity index (χ2n) is 5.28. The lowest BCUT2D eigenvalue weighted by Gasteiger charge is -2.09. The van der Waals surface area contributed by atoms with Crippen molar-refractivity contribution in [1.29, 1.82) is 5.26 Å². The van der Waals surface area contributed by atoms with Crippen molar-refractivity contribution in [3.05, 3.63) is 52.7 Å². The van der Waals surface area contributed by atoms with Gasteiger partial charge < -0.3 is 5.32 Å². The van der Waals surface area contributed by atoms with Crippen molar-refractivity contribution in [2.45, 2.75) is 11.3 Å². The summed E-state index contributed by atoms with van der Waals surface area (Å²) in [5.74, 6) is -0.492. The second-order valence-corrected chi connectivity index (χ2v) is 6.63. The molecule has 0 saturated carbocycles. The maximum absolute atomic E-state index is 12.9. The van der Waals surface area contributed by atoms with Crippen LogP contribution < -0.4 is 5.32 Å². The molecule has 1 N–H and O–H groups in total. The van der Waals surface area contributed by atoms with Crippen LogP contribution in [0.15, 0.2) is 41.7 Å². The number of nitriles is 1. The minimum Gasteiger partial charge on any atom is -0.325 e. The van der Waals surface area contributed by atoms with Crippen molar-refractivity contribution in [2.75, 3.05) is 11.1 Å². The van der Waals surface area contributed by atoms with Crippen LogP contribution in [0.2, 0.25) is 5.02 Å². The van der Waals surface area contributed by atoms with E-state index < -0.39 is 11.7 Å². The topological polar surface area (TPSA) is 83.1 Å². The fourth-order valence-electron chi connectivity index (χ4n) is 2.14. The number of benzene rings is 1. The molecule has 3 aromatic rings. The minimum absolute atomic E-state index is 0.0691. The van der Waals surface area contributed by atoms with E-state index in [4.69, 9.17) is 16.9 Å². The number of aromatic nitrogens is 3. The molecule has 1 amide bonds. The van der Waals surface area contributed by atoms with Crippen LogP contribution in [0.4, 0.5) is 18.9 Å². The smallest absolute Gasteiger partial charge is 0.325 e. The van der Waals surface area contributed by atoms with Gasteiger partial charge in [0, 0.05) is 11.9 Å². The number of anilines is 1. The fourth-order valence-corrected chi connectivity index (χ4v) is 3.10. The normalized spacial score (nSPS) is 11.4. The Morgan fingerprint density at radius 1 is 1.30 bits per heavy atom. The van der Waals surface area contributed by atoms with Gasteiger partial charge in [-0.05, 0) is 30.3 Å². The summed E-state index contributed by atoms with van der Waals surface area (Å²) in [6.07, 6.45) is -3.74. The van der Waals surface area contributed by atoms with Crippen molar-refractivity contribution in [1.82, 2.24) is 14.6 Å². The van der Waals surface area contributed by atoms with E-state index in [1.807, 2.05) is 6.07 Å². The maximum Gasteiger partial charge on any atom is 0.417 e. The number of hydrogen-bond donors (Lipinski definition) is 1. The van der Waals surface area contributed by atoms with E-state index in [0.717, 1.165) is 28.4 Å². The van der Waals surface area contributed by atoms with Crippen molar-refractivity contribution in [3.8, 4) is 6.07 Å². The van der Waals surface area contributed by atoms with Crippen molar-refractivity contribution < 1.29 is 18.0 Å². The molecule has 27 heavy (non-hydrogen) atoms. The van der Waals surface area contributed by atoms with Crippen LogP contribution in [0.25, 0.3) is 5.65 Å². The van der Waals surface area contributed by atoms with Crippen LogP contribution in [0.3, 0.4) is 0 Å². The monoisotopic (exact) mass is 411 g/mol. The summed E-state index contributed by atoms with van der Waals surface area (Å²) in [5.41, 5.74) is 0.0751. The molecule has 0 saturated heterocycles. The molecule has 0 bridgehead atoms. The Labute approximate surface area is 160 Å². The first-order chi connectivity index (χ1) is 12.8. The van der Waals surface area contributed by atoms with Crippen LogP contribution in [0, 0.1) is 11.3 Å². The molecule has 6 nitrogen and oxygen atoms in total. The predicted octanol–water partition coefficient (Wildman–Crippen LogP) is 4.00. The van der Waals surface area contributed by atoms with Gasteiger partial charge in [0.2, 0.25) is 5.91 Å². The van der Waals surface area contributed by atoms with E-state index in [9.17, 15) is 18.0 Å². The van der Waals surface area contributed by atoms with Crippen LogP contribution in [-0.4, -0.2) is 26.3 Å². The van der Waals surface area contributed by atoms with E-state index in [0.29, 0.717) is 11.3 Å². The summed E-state index contributed by atoms with van der Waals surface area (Å²) >= 11 is 6.76. The van der Waals surface area contributed by atoms with E-state index in [1.54, 1.807) is 24.3 Å². The van der Waals surface area contributed by atoms with E-state index in [1.165, 1.54) is 0 Å². The first kappa shape index (κ1) is 19.0. The van der Waals surface area contributed by atoms with Gasteiger partial charge in [-0.3, -0.25) is 9.20 Å². The highest BCUT2D eigenvalue weighted by Crippen LogP contribution is 2.33. The maximum atomic E-state index is 12.9. The molecule has 3 rings (SSSR count). The Hall–Kier alpha value is -2.77. The molecular weight excluding hydrogens is 403 g/mol. The lowest BCUT2D eigenvalue weighted by molar-refractivity contribution is -0.137. The minimum atomic E-state index is -4.57. The lowest BCUT2D eigenvalue weighted by atomic mass is 10.2. The van der Waals surface area contributed by atoms with E-state index in [-0.39, 0.29) is 27.5 Å². The Bertz CT molecular complexity index is 1040. The Morgan fingerprint density at radius 3 is 2.63 bits per heavy atom. The molecule has 1 aromatic carbocycles. The van der Waals surface area contributed by atoms with Gasteiger partial charge >= 0.3 is 6.18 Å². The molecule has 2 heterocycles. The third-order valence-corrected chi connectivity index (χ3v) is 4.61. The van der Waals surface area contributed by atoms with Crippen LogP contribution in [0.1, 0.15) is 11.1 Å². The molecule has 0 aliphatic heterocycles. The Balaban J connectivity index is 1.73. The first-order valence-corrected chi connectivity index (χ1v) is 8.68. The SMILES string of the molecule is N#Cc1ccc(NC(=O)CSc2nnc3c(Cl)cc(C(F)(F)F)cn23)cc1. The standard InChI is InChI=1S/C16H9ClF3N5OS/c17-12-5-10(16(18,19)20)7-25-14(12)23-24-15(25)27-8-13(26)22-11-3-1-9(6-21)2-4-11/h1-5,7H,8H2,(H,22,26). The number of halogens is 4. The van der Waals surface area contributed by atoms with Gasteiger partial charge in [0.15, 0.2) is 10.8 Å². The number of pyridine rings is 1. The zero-order chi connectivity index (χ0) is 19.6. The number of thioether (sulfide) groups is 1. The van der Waals surface area contributed by atoms with Crippen LogP contribution in [0.5, 0.6) is 0 Å². The largest absolute Gasteiger partial charge is 0.417 e. The third kappa shape index (κ3) is 4.32. The Kier molecular flexibility index (Phi) is 5.25. The summed E-state index contributed by atoms with van der Waals surface area (Å²) < 4.78 is 39.9. The van der Waals surface area contributed by atoms with Crippen LogP contribution >= 0.6 is 23.4 Å². The average Bonchev–Trinajstić information content (AvgIpc) is 3.03. The Morgan fingerprint density at radius 2 is 2.00 bits per heavy atom. The van der Waals surface area contributed by atoms with Gasteiger partial charge in [-0.25, -0.2) is 0 Å². The summed E-state index contributed by atoms with van der Waals surface area (Å²) in [7, 11) is 0. The zero-order valence-corrected chi connectivity index (χ0v) is 14.9. The van der Waals surface area contributed by atoms with Crippen LogP contribution in [-0.2, 0) is 11.0 Å². The summed E-state index contributed by atoms with van der Waals surface area (Å²) in [5, 5.41) is 18.8. The second kappa shape index (κ2) is 7.46. The van der Waals surface area contributed by atoms with E-state index >= 15 is 0 Å². The van der Waals surface area contributed by atoms with Gasteiger partial charge in [-0.2, -0.15) is 18.4 Å². The molecule has 0 unspecified atom stereocenters. The van der Waals surface area contributed by atoms with Gasteiger partial charge in [0.1, 0.15) is 0 Å². The molecule has 11 heteroatoms. The third-order valence-electron chi connectivity index (χ3n) is 3.39. The first-order valence-electron chi connectivity index (χ1n) is 7.32. The predicted molar refractivity (Wildman–Crippen MR) is 93.5 cm³/mol. The van der Waals surface area contributed by atoms with Crippen molar-refractivity contribution >= 4 is 40.6 Å². The number of nitrogens with zero attached hydrogens (tertiary/aromatic N) is 4. The highest BCUT2D eigenvalue weighted by molar-refractivity contribution is 7.99. The molecule has 0 fully saturated rings. The summed E-state index contributed by atoms with van der Waals surface area (Å²) in [6.45, 7) is 0. The van der Waals surface area contributed by atoms with Gasteiger partial charge in [0.05, 0.1) is 28.0 Å². The number of fused-ring (bicyclic) bond motifs is 1. The molecule has 0 spiro atoms. The molecule has 2 aromatic heterocycles. The van der Waals surface area contributed by atoms with E-state index in [2.05, 4.69) is 15.5 Å². The van der Waals surface area contributed by atoms with Gasteiger partial charge in [-0.15, -0.1) is 10.2 Å². The molecule has 138 valence electrons.